The Bertz CT molecular complexity index is 1420. The average molecular weight is 497 g/mol. The number of methoxy groups -OCH3 is 1. The zero-order chi connectivity index (χ0) is 24.9. The molecule has 0 unspecified atom stereocenters. The topological polar surface area (TPSA) is 59.6 Å². The van der Waals surface area contributed by atoms with E-state index in [1.54, 1.807) is 7.11 Å². The highest BCUT2D eigenvalue weighted by molar-refractivity contribution is 8.05. The maximum absolute atomic E-state index is 12.6. The molecule has 0 spiro atoms. The maximum Gasteiger partial charge on any atom is 0.260 e. The number of carbonyl (C=O) groups excluding carboxylic acids is 1. The van der Waals surface area contributed by atoms with Crippen molar-refractivity contribution >= 4 is 40.2 Å². The lowest BCUT2D eigenvalue weighted by Gasteiger charge is -2.13. The second-order valence-corrected chi connectivity index (χ2v) is 9.70. The monoisotopic (exact) mass is 496 g/mol. The van der Waals surface area contributed by atoms with E-state index in [-0.39, 0.29) is 11.4 Å². The highest BCUT2D eigenvalue weighted by Gasteiger charge is 2.27. The number of hydrogen-bond acceptors (Lipinski definition) is 5. The molecule has 0 aliphatic carbocycles. The summed E-state index contributed by atoms with van der Waals surface area (Å²) in [4.78, 5) is 13.2. The Labute approximate surface area is 215 Å². The molecular weight excluding hydrogens is 468 g/mol. The molecule has 1 heterocycles. The number of anilines is 1. The van der Waals surface area contributed by atoms with Crippen molar-refractivity contribution in [1.82, 2.24) is 5.32 Å². The summed E-state index contributed by atoms with van der Waals surface area (Å²) in [5.74, 6) is 1.18. The van der Waals surface area contributed by atoms with Crippen LogP contribution in [0.2, 0.25) is 0 Å². The van der Waals surface area contributed by atoms with Gasteiger partial charge in [-0.1, -0.05) is 73.3 Å². The molecule has 0 saturated carbocycles. The summed E-state index contributed by atoms with van der Waals surface area (Å²) in [6.45, 7) is 2.57. The number of nitrogens with one attached hydrogen (secondary N) is 2. The second-order valence-electron chi connectivity index (χ2n) is 8.56. The van der Waals surface area contributed by atoms with Crippen LogP contribution in [0.25, 0.3) is 16.8 Å². The molecule has 5 rings (SSSR count). The van der Waals surface area contributed by atoms with Gasteiger partial charge in [0.15, 0.2) is 17.0 Å². The molecule has 4 aromatic rings. The van der Waals surface area contributed by atoms with Crippen LogP contribution >= 0.6 is 11.8 Å². The number of aryl methyl sites for hydroxylation is 1. The van der Waals surface area contributed by atoms with Gasteiger partial charge in [-0.05, 0) is 70.3 Å². The van der Waals surface area contributed by atoms with Gasteiger partial charge in [0.05, 0.1) is 12.0 Å². The normalized spacial score (nSPS) is 16.2. The number of fused-ring (bicyclic) bond motifs is 1. The average Bonchev–Trinajstić information content (AvgIpc) is 3.26. The molecule has 2 N–H and O–H groups in total. The van der Waals surface area contributed by atoms with E-state index >= 15 is 0 Å². The molecule has 36 heavy (non-hydrogen) atoms. The fourth-order valence-electron chi connectivity index (χ4n) is 4.09. The molecule has 1 fully saturated rings. The quantitative estimate of drug-likeness (QED) is 0.270. The van der Waals surface area contributed by atoms with Crippen LogP contribution in [0.1, 0.15) is 23.6 Å². The summed E-state index contributed by atoms with van der Waals surface area (Å²) in [6.07, 6.45) is 2.87. The van der Waals surface area contributed by atoms with E-state index in [4.69, 9.17) is 9.47 Å². The Kier molecular flexibility index (Phi) is 7.14. The van der Waals surface area contributed by atoms with Crippen LogP contribution in [0.5, 0.6) is 11.5 Å². The number of thioether (sulfide) groups is 1. The molecule has 1 aliphatic heterocycles. The smallest absolute Gasteiger partial charge is 0.260 e. The summed E-state index contributed by atoms with van der Waals surface area (Å²) in [7, 11) is 1.62. The number of hydrogen-bond donors (Lipinski definition) is 2. The summed E-state index contributed by atoms with van der Waals surface area (Å²) in [5.41, 5.74) is 3.99. The van der Waals surface area contributed by atoms with Crippen LogP contribution in [-0.2, 0) is 17.8 Å². The van der Waals surface area contributed by atoms with Crippen LogP contribution in [0.3, 0.4) is 0 Å². The summed E-state index contributed by atoms with van der Waals surface area (Å²) >= 11 is 1.46. The molecule has 0 aromatic heterocycles. The van der Waals surface area contributed by atoms with Crippen LogP contribution in [0.4, 0.5) is 5.69 Å². The number of benzene rings is 4. The van der Waals surface area contributed by atoms with Crippen LogP contribution in [0.15, 0.2) is 89.8 Å². The Balaban J connectivity index is 1.25. The third-order valence-electron chi connectivity index (χ3n) is 6.08. The largest absolute Gasteiger partial charge is 0.493 e. The fraction of sp³-hybridized carbons (Fsp3) is 0.167. The molecule has 5 nitrogen and oxygen atoms in total. The number of carbonyl (C=O) groups is 1. The molecule has 1 aliphatic rings. The van der Waals surface area contributed by atoms with E-state index in [9.17, 15) is 4.79 Å². The molecule has 0 radical (unpaired) electrons. The van der Waals surface area contributed by atoms with Gasteiger partial charge in [-0.25, -0.2) is 0 Å². The molecule has 0 bridgehead atoms. The fourth-order valence-corrected chi connectivity index (χ4v) is 5.07. The summed E-state index contributed by atoms with van der Waals surface area (Å²) < 4.78 is 11.6. The Morgan fingerprint density at radius 3 is 2.47 bits per heavy atom. The van der Waals surface area contributed by atoms with Crippen molar-refractivity contribution in [1.29, 1.82) is 0 Å². The first-order valence-corrected chi connectivity index (χ1v) is 12.8. The molecule has 182 valence electrons. The van der Waals surface area contributed by atoms with Gasteiger partial charge in [-0.2, -0.15) is 0 Å². The minimum Gasteiger partial charge on any atom is -0.493 e. The lowest BCUT2D eigenvalue weighted by atomic mass is 10.1. The second kappa shape index (κ2) is 10.8. The van der Waals surface area contributed by atoms with Crippen molar-refractivity contribution in [2.24, 2.45) is 0 Å². The lowest BCUT2D eigenvalue weighted by molar-refractivity contribution is -0.116. The van der Waals surface area contributed by atoms with E-state index < -0.39 is 0 Å². The van der Waals surface area contributed by atoms with E-state index in [1.165, 1.54) is 28.1 Å². The highest BCUT2D eigenvalue weighted by atomic mass is 32.2. The van der Waals surface area contributed by atoms with Gasteiger partial charge in [-0.3, -0.25) is 4.79 Å². The number of rotatable bonds is 8. The van der Waals surface area contributed by atoms with Gasteiger partial charge < -0.3 is 20.1 Å². The van der Waals surface area contributed by atoms with Crippen molar-refractivity contribution in [2.75, 3.05) is 12.4 Å². The highest BCUT2D eigenvalue weighted by Crippen LogP contribution is 2.34. The zero-order valence-corrected chi connectivity index (χ0v) is 21.1. The molecule has 4 aromatic carbocycles. The van der Waals surface area contributed by atoms with Crippen LogP contribution < -0.4 is 20.1 Å². The minimum atomic E-state index is -0.220. The third-order valence-corrected chi connectivity index (χ3v) is 7.11. The van der Waals surface area contributed by atoms with E-state index in [0.29, 0.717) is 23.0 Å². The molecule has 1 amide bonds. The van der Waals surface area contributed by atoms with Gasteiger partial charge >= 0.3 is 0 Å². The Morgan fingerprint density at radius 1 is 0.917 bits per heavy atom. The Hall–Kier alpha value is -3.90. The van der Waals surface area contributed by atoms with E-state index in [0.717, 1.165) is 23.2 Å². The minimum absolute atomic E-state index is 0.0988. The SMILES string of the molecule is CCc1ccc(N[C@H]2NC(=O)/C(=C/c3ccc(OCc4ccc5ccccc5c4)c(OC)c3)S2)cc1. The van der Waals surface area contributed by atoms with Gasteiger partial charge in [0.2, 0.25) is 0 Å². The number of ether oxygens (including phenoxy) is 2. The molecule has 6 heteroatoms. The zero-order valence-electron chi connectivity index (χ0n) is 20.3. The van der Waals surface area contributed by atoms with Gasteiger partial charge in [0, 0.05) is 5.69 Å². The molecular formula is C30H28N2O3S. The lowest BCUT2D eigenvalue weighted by Crippen LogP contribution is -2.30. The maximum atomic E-state index is 12.6. The van der Waals surface area contributed by atoms with Crippen molar-refractivity contribution in [3.63, 3.8) is 0 Å². The van der Waals surface area contributed by atoms with Crippen LogP contribution in [-0.4, -0.2) is 18.5 Å². The molecule has 1 saturated heterocycles. The predicted molar refractivity (Wildman–Crippen MR) is 148 cm³/mol. The molecule has 1 atom stereocenters. The van der Waals surface area contributed by atoms with Crippen molar-refractivity contribution < 1.29 is 14.3 Å². The standard InChI is InChI=1S/C30H28N2O3S/c1-3-20-9-13-25(14-10-20)31-30-32-29(33)28(36-30)18-21-11-15-26(27(17-21)34-2)35-19-22-8-12-23-6-4-5-7-24(23)16-22/h4-18,30-31H,3,19H2,1-2H3,(H,32,33)/b28-18-/t30-/m0/s1. The van der Waals surface area contributed by atoms with Gasteiger partial charge in [0.25, 0.3) is 5.91 Å². The first-order valence-electron chi connectivity index (χ1n) is 11.9. The van der Waals surface area contributed by atoms with E-state index in [1.807, 2.05) is 48.5 Å². The summed E-state index contributed by atoms with van der Waals surface area (Å²) in [5, 5.41) is 8.73. The third kappa shape index (κ3) is 5.50. The van der Waals surface area contributed by atoms with Crippen LogP contribution in [0, 0.1) is 0 Å². The van der Waals surface area contributed by atoms with Crippen molar-refractivity contribution in [2.45, 2.75) is 25.4 Å². The van der Waals surface area contributed by atoms with Crippen molar-refractivity contribution in [3.8, 4) is 11.5 Å². The predicted octanol–water partition coefficient (Wildman–Crippen LogP) is 6.59. The first kappa shape index (κ1) is 23.8. The first-order chi connectivity index (χ1) is 17.6. The van der Waals surface area contributed by atoms with Crippen molar-refractivity contribution in [3.05, 3.63) is 107 Å². The van der Waals surface area contributed by atoms with E-state index in [2.05, 4.69) is 60.0 Å². The number of amides is 1. The summed E-state index contributed by atoms with van der Waals surface area (Å²) in [6, 6.07) is 28.6. The van der Waals surface area contributed by atoms with Gasteiger partial charge in [-0.15, -0.1) is 0 Å². The van der Waals surface area contributed by atoms with Gasteiger partial charge in [0.1, 0.15) is 6.61 Å². The Morgan fingerprint density at radius 2 is 1.69 bits per heavy atom.